The van der Waals surface area contributed by atoms with Crippen LogP contribution in [0.2, 0.25) is 0 Å². The van der Waals surface area contributed by atoms with Crippen molar-refractivity contribution < 1.29 is 17.6 Å². The molecule has 0 bridgehead atoms. The summed E-state index contributed by atoms with van der Waals surface area (Å²) < 4.78 is 60.8. The first-order valence-corrected chi connectivity index (χ1v) is 12.8. The molecule has 0 atom stereocenters. The number of rotatable bonds is 2. The predicted molar refractivity (Wildman–Crippen MR) is 159 cm³/mol. The van der Waals surface area contributed by atoms with E-state index in [-0.39, 0.29) is 22.3 Å². The molecule has 0 fully saturated rings. The van der Waals surface area contributed by atoms with Crippen LogP contribution in [0.15, 0.2) is 41.7 Å². The standard InChI is InChI=1S/C35H5F4N9/c1-45-22-8-7-17(33(38)34(22)39)29-28(23(13-43)46-2)19-9-18-20(11-41)25(16-6-5-15(10-40)31(36)32(16)37)30(24(14-44)47-3)26(18)21(12-42)27(19)35(29)48-4/h5-9H/b28-23-,30-24-. The zero-order chi connectivity index (χ0) is 35.0. The van der Waals surface area contributed by atoms with Gasteiger partial charge in [-0.05, 0) is 40.5 Å². The third-order valence-corrected chi connectivity index (χ3v) is 7.51. The highest BCUT2D eigenvalue weighted by Gasteiger charge is 2.41. The van der Waals surface area contributed by atoms with E-state index in [1.807, 2.05) is 6.07 Å². The van der Waals surface area contributed by atoms with Gasteiger partial charge >= 0.3 is 0 Å². The van der Waals surface area contributed by atoms with Crippen LogP contribution < -0.4 is 0 Å². The molecule has 48 heavy (non-hydrogen) atoms. The highest BCUT2D eigenvalue weighted by atomic mass is 19.2. The largest absolute Gasteiger partial charge is 0.270 e. The Labute approximate surface area is 268 Å². The normalized spacial score (nSPS) is 14.4. The zero-order valence-corrected chi connectivity index (χ0v) is 23.4. The maximum absolute atomic E-state index is 15.5. The molecule has 5 rings (SSSR count). The van der Waals surface area contributed by atoms with Crippen molar-refractivity contribution >= 4 is 39.2 Å². The van der Waals surface area contributed by atoms with Crippen LogP contribution in [0, 0.1) is 106 Å². The summed E-state index contributed by atoms with van der Waals surface area (Å²) in [5.74, 6) is -6.39. The number of hydrogen-bond acceptors (Lipinski definition) is 5. The van der Waals surface area contributed by atoms with Crippen molar-refractivity contribution in [1.29, 1.82) is 26.3 Å². The van der Waals surface area contributed by atoms with Gasteiger partial charge in [-0.1, -0.05) is 12.1 Å². The van der Waals surface area contributed by atoms with Crippen LogP contribution in [0.1, 0.15) is 44.5 Å². The SMILES string of the molecule is [C-]#[N+]C1=C(c2ccc([N+]#[C-])c(F)c2F)/C(=C(/C#N)[N+]#[C-])c2cc3c(c(C#N)c21)/C(=C(/C#N)[N+]#[C-])C(c1ccc(C#N)c(F)c1F)=C3C#N. The Morgan fingerprint density at radius 2 is 1.19 bits per heavy atom. The molecular weight excluding hydrogens is 622 g/mol. The third-order valence-electron chi connectivity index (χ3n) is 7.51. The molecule has 13 heteroatoms. The van der Waals surface area contributed by atoms with Gasteiger partial charge in [-0.15, -0.1) is 0 Å². The molecule has 0 amide bonds. The maximum atomic E-state index is 15.5. The Kier molecular flexibility index (Phi) is 7.59. The van der Waals surface area contributed by atoms with E-state index in [4.69, 9.17) is 31.6 Å². The fourth-order valence-corrected chi connectivity index (χ4v) is 5.62. The van der Waals surface area contributed by atoms with Crippen molar-refractivity contribution in [2.24, 2.45) is 0 Å². The monoisotopic (exact) mass is 627 g/mol. The van der Waals surface area contributed by atoms with E-state index < -0.39 is 96.2 Å². The number of allylic oxidation sites excluding steroid dienone is 7. The molecule has 0 saturated carbocycles. The van der Waals surface area contributed by atoms with Crippen LogP contribution in [-0.2, 0) is 0 Å². The lowest BCUT2D eigenvalue weighted by atomic mass is 9.87. The van der Waals surface area contributed by atoms with Gasteiger partial charge in [-0.25, -0.2) is 47.5 Å². The second kappa shape index (κ2) is 11.7. The summed E-state index contributed by atoms with van der Waals surface area (Å²) >= 11 is 0. The molecule has 2 aliphatic rings. The van der Waals surface area contributed by atoms with Gasteiger partial charge in [0.2, 0.25) is 11.4 Å². The highest BCUT2D eigenvalue weighted by molar-refractivity contribution is 6.30. The Hall–Kier alpha value is -8.25. The summed E-state index contributed by atoms with van der Waals surface area (Å²) in [4.78, 5) is 12.7. The van der Waals surface area contributed by atoms with E-state index in [1.165, 1.54) is 6.07 Å². The third kappa shape index (κ3) is 4.08. The van der Waals surface area contributed by atoms with Crippen molar-refractivity contribution in [2.75, 3.05) is 0 Å². The molecule has 0 heterocycles. The molecule has 2 aliphatic carbocycles. The molecule has 0 aromatic heterocycles. The summed E-state index contributed by atoms with van der Waals surface area (Å²) in [6.45, 7) is 30.3. The van der Waals surface area contributed by atoms with Crippen LogP contribution in [0.5, 0.6) is 0 Å². The molecule has 0 spiro atoms. The molecule has 0 aliphatic heterocycles. The lowest BCUT2D eigenvalue weighted by Gasteiger charge is -2.14. The van der Waals surface area contributed by atoms with Crippen molar-refractivity contribution in [1.82, 2.24) is 0 Å². The Balaban J connectivity index is 2.04. The van der Waals surface area contributed by atoms with Gasteiger partial charge in [0.05, 0.1) is 61.2 Å². The summed E-state index contributed by atoms with van der Waals surface area (Å²) in [5.41, 5.74) is -8.84. The quantitative estimate of drug-likeness (QED) is 0.161. The number of halogens is 4. The van der Waals surface area contributed by atoms with Gasteiger partial charge in [0, 0.05) is 33.4 Å². The van der Waals surface area contributed by atoms with Gasteiger partial charge in [-0.2, -0.15) is 15.8 Å². The second-order valence-electron chi connectivity index (χ2n) is 9.57. The fourth-order valence-electron chi connectivity index (χ4n) is 5.62. The van der Waals surface area contributed by atoms with Crippen molar-refractivity contribution in [3.8, 4) is 30.3 Å². The van der Waals surface area contributed by atoms with Crippen molar-refractivity contribution in [2.45, 2.75) is 0 Å². The van der Waals surface area contributed by atoms with E-state index >= 15 is 8.78 Å². The second-order valence-corrected chi connectivity index (χ2v) is 9.57. The Bertz CT molecular complexity index is 2610. The van der Waals surface area contributed by atoms with Crippen LogP contribution in [0.4, 0.5) is 23.2 Å². The molecular formula is C35H5F4N9. The van der Waals surface area contributed by atoms with Crippen molar-refractivity contribution in [3.05, 3.63) is 155 Å². The first-order chi connectivity index (χ1) is 23.1. The van der Waals surface area contributed by atoms with E-state index in [9.17, 15) is 29.8 Å². The molecule has 9 nitrogen and oxygen atoms in total. The first kappa shape index (κ1) is 31.2. The van der Waals surface area contributed by atoms with Crippen LogP contribution >= 0.6 is 0 Å². The summed E-state index contributed by atoms with van der Waals surface area (Å²) in [7, 11) is 0. The average molecular weight is 627 g/mol. The van der Waals surface area contributed by atoms with Crippen LogP contribution in [-0.4, -0.2) is 0 Å². The van der Waals surface area contributed by atoms with Gasteiger partial charge in [0.15, 0.2) is 23.3 Å². The van der Waals surface area contributed by atoms with Crippen LogP contribution in [0.3, 0.4) is 0 Å². The maximum Gasteiger partial charge on any atom is 0.270 e. The number of benzene rings is 3. The molecule has 3 aromatic carbocycles. The predicted octanol–water partition coefficient (Wildman–Crippen LogP) is 8.09. The lowest BCUT2D eigenvalue weighted by Crippen LogP contribution is -2.01. The molecule has 3 aromatic rings. The van der Waals surface area contributed by atoms with E-state index in [0.29, 0.717) is 0 Å². The van der Waals surface area contributed by atoms with Gasteiger partial charge in [0.25, 0.3) is 11.4 Å². The van der Waals surface area contributed by atoms with Gasteiger partial charge < -0.3 is 0 Å². The summed E-state index contributed by atoms with van der Waals surface area (Å²) in [6.07, 6.45) is 0. The molecule has 0 saturated heterocycles. The smallest absolute Gasteiger partial charge is 0.237 e. The number of fused-ring (bicyclic) bond motifs is 2. The molecule has 0 N–H and O–H groups in total. The molecule has 0 unspecified atom stereocenters. The minimum absolute atomic E-state index is 0.242. The average Bonchev–Trinajstić information content (AvgIpc) is 3.59. The molecule has 218 valence electrons. The van der Waals surface area contributed by atoms with E-state index in [0.717, 1.165) is 30.3 Å². The fraction of sp³-hybridized carbons (Fsp3) is 0. The number of nitrogens with zero attached hydrogens (tertiary/aromatic N) is 9. The van der Waals surface area contributed by atoms with E-state index in [2.05, 4.69) is 19.4 Å². The Morgan fingerprint density at radius 1 is 0.583 bits per heavy atom. The summed E-state index contributed by atoms with van der Waals surface area (Å²) in [6, 6.07) is 13.2. The van der Waals surface area contributed by atoms with Crippen LogP contribution in [0.25, 0.3) is 52.9 Å². The lowest BCUT2D eigenvalue weighted by molar-refractivity contribution is 0.504. The van der Waals surface area contributed by atoms with E-state index in [1.54, 1.807) is 18.2 Å². The van der Waals surface area contributed by atoms with Gasteiger partial charge in [0.1, 0.15) is 12.1 Å². The van der Waals surface area contributed by atoms with Gasteiger partial charge in [-0.3, -0.25) is 0 Å². The number of nitriles is 5. The van der Waals surface area contributed by atoms with Crippen molar-refractivity contribution in [3.63, 3.8) is 0 Å². The summed E-state index contributed by atoms with van der Waals surface area (Å²) in [5, 5.41) is 49.8. The first-order valence-electron chi connectivity index (χ1n) is 12.8. The minimum Gasteiger partial charge on any atom is -0.237 e. The molecule has 0 radical (unpaired) electrons. The highest BCUT2D eigenvalue weighted by Crippen LogP contribution is 2.57. The number of hydrogen-bond donors (Lipinski definition) is 0. The minimum atomic E-state index is -1.61. The topological polar surface area (TPSA) is 136 Å². The zero-order valence-electron chi connectivity index (χ0n) is 23.4. The Morgan fingerprint density at radius 3 is 1.73 bits per heavy atom.